The quantitative estimate of drug-likeness (QED) is 0.832. The molecule has 0 amide bonds. The lowest BCUT2D eigenvalue weighted by Gasteiger charge is -2.35. The van der Waals surface area contributed by atoms with Crippen molar-refractivity contribution in [3.63, 3.8) is 0 Å². The lowest BCUT2D eigenvalue weighted by Crippen LogP contribution is -2.45. The van der Waals surface area contributed by atoms with E-state index in [-0.39, 0.29) is 5.41 Å². The summed E-state index contributed by atoms with van der Waals surface area (Å²) in [6.07, 6.45) is 3.96. The molecule has 0 aliphatic heterocycles. The van der Waals surface area contributed by atoms with E-state index in [1.54, 1.807) is 4.68 Å². The third kappa shape index (κ3) is 2.82. The molecule has 1 saturated carbocycles. The molecule has 0 spiro atoms. The number of aliphatic hydroxyl groups is 1. The summed E-state index contributed by atoms with van der Waals surface area (Å²) < 4.78 is 1.64. The molecular formula is C15H18ClN3OS. The predicted molar refractivity (Wildman–Crippen MR) is 84.7 cm³/mol. The van der Waals surface area contributed by atoms with E-state index in [9.17, 15) is 5.11 Å². The molecule has 0 bridgehead atoms. The molecule has 1 heterocycles. The molecule has 0 saturated heterocycles. The number of benzene rings is 1. The SMILES string of the molecule is CC1(C(O)(Cc2ccccc2Cl)Cn2ncnc2S)CC1. The molecular weight excluding hydrogens is 306 g/mol. The summed E-state index contributed by atoms with van der Waals surface area (Å²) in [7, 11) is 0. The lowest BCUT2D eigenvalue weighted by molar-refractivity contribution is -0.0447. The monoisotopic (exact) mass is 323 g/mol. The molecule has 3 rings (SSSR count). The Balaban J connectivity index is 1.91. The minimum absolute atomic E-state index is 0.113. The van der Waals surface area contributed by atoms with E-state index in [0.717, 1.165) is 18.4 Å². The number of nitrogens with zero attached hydrogens (tertiary/aromatic N) is 3. The second kappa shape index (κ2) is 5.30. The van der Waals surface area contributed by atoms with Gasteiger partial charge in [0.15, 0.2) is 5.16 Å². The Morgan fingerprint density at radius 3 is 2.71 bits per heavy atom. The van der Waals surface area contributed by atoms with Crippen LogP contribution in [0.1, 0.15) is 25.3 Å². The highest BCUT2D eigenvalue weighted by Crippen LogP contribution is 2.55. The predicted octanol–water partition coefficient (Wildman–Crippen LogP) is 2.99. The number of rotatable bonds is 5. The third-order valence-electron chi connectivity index (χ3n) is 4.57. The van der Waals surface area contributed by atoms with Crippen LogP contribution in [0.2, 0.25) is 5.02 Å². The van der Waals surface area contributed by atoms with E-state index in [0.29, 0.717) is 23.1 Å². The molecule has 1 aromatic carbocycles. The van der Waals surface area contributed by atoms with Gasteiger partial charge in [-0.05, 0) is 29.9 Å². The van der Waals surface area contributed by atoms with E-state index in [1.165, 1.54) is 6.33 Å². The van der Waals surface area contributed by atoms with Gasteiger partial charge in [-0.2, -0.15) is 5.10 Å². The van der Waals surface area contributed by atoms with Gasteiger partial charge < -0.3 is 5.11 Å². The summed E-state index contributed by atoms with van der Waals surface area (Å²) in [6, 6.07) is 7.65. The highest BCUT2D eigenvalue weighted by Gasteiger charge is 2.55. The summed E-state index contributed by atoms with van der Waals surface area (Å²) in [5.41, 5.74) is -0.0720. The van der Waals surface area contributed by atoms with Crippen LogP contribution >= 0.6 is 24.2 Å². The zero-order valence-electron chi connectivity index (χ0n) is 11.8. The minimum atomic E-state index is -0.914. The van der Waals surface area contributed by atoms with Crippen molar-refractivity contribution in [3.05, 3.63) is 41.2 Å². The lowest BCUT2D eigenvalue weighted by atomic mass is 9.80. The molecule has 2 aromatic rings. The second-order valence-corrected chi connectivity index (χ2v) is 6.89. The van der Waals surface area contributed by atoms with Crippen LogP contribution < -0.4 is 0 Å². The molecule has 1 aromatic heterocycles. The van der Waals surface area contributed by atoms with Crippen molar-refractivity contribution in [2.75, 3.05) is 0 Å². The van der Waals surface area contributed by atoms with Gasteiger partial charge >= 0.3 is 0 Å². The first kappa shape index (κ1) is 14.9. The zero-order valence-corrected chi connectivity index (χ0v) is 13.5. The first-order valence-corrected chi connectivity index (χ1v) is 7.79. The van der Waals surface area contributed by atoms with Gasteiger partial charge in [-0.1, -0.05) is 36.7 Å². The van der Waals surface area contributed by atoms with Gasteiger partial charge in [0.05, 0.1) is 12.1 Å². The fraction of sp³-hybridized carbons (Fsp3) is 0.467. The zero-order chi connectivity index (χ0) is 15.1. The van der Waals surface area contributed by atoms with Crippen molar-refractivity contribution in [2.24, 2.45) is 5.41 Å². The molecule has 112 valence electrons. The molecule has 21 heavy (non-hydrogen) atoms. The average Bonchev–Trinajstić information content (AvgIpc) is 3.09. The molecule has 4 nitrogen and oxygen atoms in total. The molecule has 6 heteroatoms. The van der Waals surface area contributed by atoms with Crippen molar-refractivity contribution in [1.29, 1.82) is 0 Å². The fourth-order valence-electron chi connectivity index (χ4n) is 2.69. The van der Waals surface area contributed by atoms with Crippen molar-refractivity contribution in [1.82, 2.24) is 14.8 Å². The molecule has 1 aliphatic rings. The van der Waals surface area contributed by atoms with Crippen molar-refractivity contribution in [3.8, 4) is 0 Å². The number of hydrogen-bond acceptors (Lipinski definition) is 4. The molecule has 0 radical (unpaired) electrons. The van der Waals surface area contributed by atoms with Gasteiger partial charge in [-0.25, -0.2) is 9.67 Å². The Morgan fingerprint density at radius 1 is 1.43 bits per heavy atom. The number of halogens is 1. The number of aromatic nitrogens is 3. The molecule has 1 fully saturated rings. The van der Waals surface area contributed by atoms with Crippen LogP contribution in [0.3, 0.4) is 0 Å². The van der Waals surface area contributed by atoms with E-state index in [4.69, 9.17) is 11.6 Å². The average molecular weight is 324 g/mol. The summed E-state index contributed by atoms with van der Waals surface area (Å²) in [5.74, 6) is 0. The van der Waals surface area contributed by atoms with Crippen LogP contribution in [0.25, 0.3) is 0 Å². The van der Waals surface area contributed by atoms with Crippen LogP contribution in [-0.4, -0.2) is 25.5 Å². The summed E-state index contributed by atoms with van der Waals surface area (Å²) in [6.45, 7) is 2.48. The standard InChI is InChI=1S/C15H18ClN3OS/c1-14(6-7-14)15(20,9-19-13(21)17-10-18-19)8-11-4-2-3-5-12(11)16/h2-5,10,20H,6-9H2,1H3,(H,17,18,21). The fourth-order valence-corrected chi connectivity index (χ4v) is 3.06. The Morgan fingerprint density at radius 2 is 2.14 bits per heavy atom. The highest BCUT2D eigenvalue weighted by atomic mass is 35.5. The molecule has 1 unspecified atom stereocenters. The maximum absolute atomic E-state index is 11.3. The number of hydrogen-bond donors (Lipinski definition) is 2. The molecule has 1 aliphatic carbocycles. The topological polar surface area (TPSA) is 50.9 Å². The van der Waals surface area contributed by atoms with E-state index in [1.807, 2.05) is 24.3 Å². The summed E-state index contributed by atoms with van der Waals surface area (Å²) in [4.78, 5) is 4.01. The van der Waals surface area contributed by atoms with E-state index >= 15 is 0 Å². The van der Waals surface area contributed by atoms with Crippen molar-refractivity contribution >= 4 is 24.2 Å². The van der Waals surface area contributed by atoms with Gasteiger partial charge in [-0.3, -0.25) is 0 Å². The van der Waals surface area contributed by atoms with Crippen molar-refractivity contribution < 1.29 is 5.11 Å². The van der Waals surface area contributed by atoms with Crippen LogP contribution in [0.15, 0.2) is 35.7 Å². The maximum Gasteiger partial charge on any atom is 0.183 e. The van der Waals surface area contributed by atoms with Crippen molar-refractivity contribution in [2.45, 2.75) is 43.5 Å². The normalized spacial score (nSPS) is 19.2. The van der Waals surface area contributed by atoms with Gasteiger partial charge in [0.1, 0.15) is 6.33 Å². The van der Waals surface area contributed by atoms with Gasteiger partial charge in [-0.15, -0.1) is 12.6 Å². The van der Waals surface area contributed by atoms with E-state index < -0.39 is 5.60 Å². The smallest absolute Gasteiger partial charge is 0.183 e. The Hall–Kier alpha value is -1.04. The third-order valence-corrected chi connectivity index (χ3v) is 5.29. The van der Waals surface area contributed by atoms with Crippen LogP contribution in [0.4, 0.5) is 0 Å². The van der Waals surface area contributed by atoms with Crippen LogP contribution in [0.5, 0.6) is 0 Å². The first-order chi connectivity index (χ1) is 9.94. The number of thiol groups is 1. The Kier molecular flexibility index (Phi) is 3.76. The van der Waals surface area contributed by atoms with Crippen LogP contribution in [0, 0.1) is 5.41 Å². The largest absolute Gasteiger partial charge is 0.387 e. The highest BCUT2D eigenvalue weighted by molar-refractivity contribution is 7.80. The summed E-state index contributed by atoms with van der Waals surface area (Å²) >= 11 is 10.5. The van der Waals surface area contributed by atoms with Crippen LogP contribution in [-0.2, 0) is 13.0 Å². The van der Waals surface area contributed by atoms with Gasteiger partial charge in [0.25, 0.3) is 0 Å². The minimum Gasteiger partial charge on any atom is -0.387 e. The van der Waals surface area contributed by atoms with Gasteiger partial charge in [0, 0.05) is 11.4 Å². The van der Waals surface area contributed by atoms with E-state index in [2.05, 4.69) is 29.6 Å². The maximum atomic E-state index is 11.3. The Bertz CT molecular complexity index is 656. The Labute approximate surface area is 134 Å². The first-order valence-electron chi connectivity index (χ1n) is 6.96. The molecule has 1 atom stereocenters. The van der Waals surface area contributed by atoms with Gasteiger partial charge in [0.2, 0.25) is 0 Å². The summed E-state index contributed by atoms with van der Waals surface area (Å²) in [5, 5.41) is 16.6. The molecule has 1 N–H and O–H groups in total. The second-order valence-electron chi connectivity index (χ2n) is 6.08.